The molecular weight excluding hydrogens is 529 g/mol. The maximum absolute atomic E-state index is 13.5. The second-order valence-electron chi connectivity index (χ2n) is 8.95. The molecule has 1 fully saturated rings. The summed E-state index contributed by atoms with van der Waals surface area (Å²) in [6.07, 6.45) is -0.0891. The Hall–Kier alpha value is -3.68. The van der Waals surface area contributed by atoms with Crippen molar-refractivity contribution in [3.63, 3.8) is 0 Å². The lowest BCUT2D eigenvalue weighted by Crippen LogP contribution is -2.29. The predicted molar refractivity (Wildman–Crippen MR) is 146 cm³/mol. The number of carbonyl (C=O) groups excluding carboxylic acids is 2. The van der Waals surface area contributed by atoms with Crippen molar-refractivity contribution in [1.29, 1.82) is 0 Å². The molecule has 1 aliphatic heterocycles. The van der Waals surface area contributed by atoms with Crippen molar-refractivity contribution < 1.29 is 28.9 Å². The fourth-order valence-electron chi connectivity index (χ4n) is 4.48. The zero-order valence-corrected chi connectivity index (χ0v) is 22.8. The molecule has 1 amide bonds. The summed E-state index contributed by atoms with van der Waals surface area (Å²) in [6, 6.07) is 16.3. The van der Waals surface area contributed by atoms with Crippen LogP contribution in [0.2, 0.25) is 10.0 Å². The van der Waals surface area contributed by atoms with Gasteiger partial charge < -0.3 is 24.2 Å². The molecule has 1 heterocycles. The number of rotatable bonds is 8. The standard InChI is InChI=1S/C29H27Cl2NO6/c1-16(2)38-20-10-7-9-17(12-20)25-24(26(33)19-13-21(30)28(37-4)22(31)14-19)27(34)29(35)32(25)15-18-8-5-6-11-23(18)36-3/h5-14,16,25,33H,15H2,1-4H3/b26-24+. The Labute approximate surface area is 231 Å². The van der Waals surface area contributed by atoms with E-state index in [0.717, 1.165) is 0 Å². The van der Waals surface area contributed by atoms with Crippen LogP contribution in [-0.2, 0) is 16.1 Å². The second kappa shape index (κ2) is 11.4. The van der Waals surface area contributed by atoms with E-state index in [1.807, 2.05) is 32.0 Å². The summed E-state index contributed by atoms with van der Waals surface area (Å²) in [6.45, 7) is 3.87. The molecule has 0 saturated carbocycles. The van der Waals surface area contributed by atoms with Crippen molar-refractivity contribution in [3.8, 4) is 17.2 Å². The molecule has 0 aliphatic carbocycles. The van der Waals surface area contributed by atoms with Gasteiger partial charge in [-0.25, -0.2) is 0 Å². The number of amides is 1. The van der Waals surface area contributed by atoms with Crippen molar-refractivity contribution in [3.05, 3.63) is 93.0 Å². The summed E-state index contributed by atoms with van der Waals surface area (Å²) in [7, 11) is 2.95. The number of ether oxygens (including phenoxy) is 3. The smallest absolute Gasteiger partial charge is 0.295 e. The molecule has 1 atom stereocenters. The highest BCUT2D eigenvalue weighted by Gasteiger charge is 2.46. The highest BCUT2D eigenvalue weighted by molar-refractivity contribution is 6.46. The molecule has 198 valence electrons. The molecule has 3 aromatic rings. The summed E-state index contributed by atoms with van der Waals surface area (Å²) in [5, 5.41) is 11.7. The lowest BCUT2D eigenvalue weighted by molar-refractivity contribution is -0.140. The summed E-state index contributed by atoms with van der Waals surface area (Å²) < 4.78 is 16.5. The molecule has 3 aromatic carbocycles. The maximum atomic E-state index is 13.5. The van der Waals surface area contributed by atoms with Crippen LogP contribution in [0.4, 0.5) is 0 Å². The van der Waals surface area contributed by atoms with Gasteiger partial charge in [0.1, 0.15) is 17.3 Å². The van der Waals surface area contributed by atoms with Crippen molar-refractivity contribution >= 4 is 40.7 Å². The van der Waals surface area contributed by atoms with Crippen LogP contribution in [0.1, 0.15) is 36.6 Å². The first kappa shape index (κ1) is 27.4. The summed E-state index contributed by atoms with van der Waals surface area (Å²) >= 11 is 12.6. The number of carbonyl (C=O) groups is 2. The van der Waals surface area contributed by atoms with Crippen molar-refractivity contribution in [1.82, 2.24) is 4.90 Å². The lowest BCUT2D eigenvalue weighted by atomic mass is 9.95. The molecule has 1 unspecified atom stereocenters. The minimum absolute atomic E-state index is 0.0649. The average Bonchev–Trinajstić information content (AvgIpc) is 3.13. The van der Waals surface area contributed by atoms with E-state index in [0.29, 0.717) is 22.6 Å². The first-order chi connectivity index (χ1) is 18.2. The number of halogens is 2. The Kier molecular flexibility index (Phi) is 8.19. The van der Waals surface area contributed by atoms with Crippen LogP contribution < -0.4 is 14.2 Å². The van der Waals surface area contributed by atoms with Gasteiger partial charge in [0.2, 0.25) is 0 Å². The molecule has 38 heavy (non-hydrogen) atoms. The molecular formula is C29H27Cl2NO6. The molecule has 7 nitrogen and oxygen atoms in total. The molecule has 4 rings (SSSR count). The third kappa shape index (κ3) is 5.30. The molecule has 9 heteroatoms. The fourth-order valence-corrected chi connectivity index (χ4v) is 5.13. The maximum Gasteiger partial charge on any atom is 0.295 e. The highest BCUT2D eigenvalue weighted by atomic mass is 35.5. The van der Waals surface area contributed by atoms with Crippen molar-refractivity contribution in [2.45, 2.75) is 32.5 Å². The first-order valence-electron chi connectivity index (χ1n) is 11.9. The first-order valence-corrected chi connectivity index (χ1v) is 12.6. The van der Waals surface area contributed by atoms with Crippen LogP contribution in [0.15, 0.2) is 66.2 Å². The number of benzene rings is 3. The van der Waals surface area contributed by atoms with Crippen LogP contribution in [0, 0.1) is 0 Å². The van der Waals surface area contributed by atoms with Gasteiger partial charge in [0.15, 0.2) is 5.75 Å². The summed E-state index contributed by atoms with van der Waals surface area (Å²) in [5.41, 5.74) is 1.37. The minimum atomic E-state index is -0.921. The number of para-hydroxylation sites is 1. The molecule has 0 aromatic heterocycles. The van der Waals surface area contributed by atoms with Gasteiger partial charge in [-0.2, -0.15) is 0 Å². The third-order valence-electron chi connectivity index (χ3n) is 6.09. The van der Waals surface area contributed by atoms with E-state index in [1.54, 1.807) is 30.3 Å². The van der Waals surface area contributed by atoms with Gasteiger partial charge in [0.25, 0.3) is 11.7 Å². The van der Waals surface area contributed by atoms with Gasteiger partial charge >= 0.3 is 0 Å². The van der Waals surface area contributed by atoms with Gasteiger partial charge in [-0.1, -0.05) is 53.5 Å². The molecule has 1 saturated heterocycles. The number of likely N-dealkylation sites (tertiary alicyclic amines) is 1. The van der Waals surface area contributed by atoms with Gasteiger partial charge in [-0.15, -0.1) is 0 Å². The lowest BCUT2D eigenvalue weighted by Gasteiger charge is -2.26. The quantitative estimate of drug-likeness (QED) is 0.196. The van der Waals surface area contributed by atoms with Crippen LogP contribution in [0.5, 0.6) is 17.2 Å². The Bertz CT molecular complexity index is 1390. The number of hydrogen-bond acceptors (Lipinski definition) is 6. The molecule has 0 bridgehead atoms. The largest absolute Gasteiger partial charge is 0.507 e. The minimum Gasteiger partial charge on any atom is -0.507 e. The Morgan fingerprint density at radius 2 is 1.66 bits per heavy atom. The molecule has 0 radical (unpaired) electrons. The van der Waals surface area contributed by atoms with E-state index in [1.165, 1.54) is 31.3 Å². The summed E-state index contributed by atoms with van der Waals surface area (Å²) in [5.74, 6) is -0.632. The number of ketones is 1. The normalized spacial score (nSPS) is 16.7. The summed E-state index contributed by atoms with van der Waals surface area (Å²) in [4.78, 5) is 28.3. The van der Waals surface area contributed by atoms with E-state index in [9.17, 15) is 14.7 Å². The zero-order valence-electron chi connectivity index (χ0n) is 21.3. The number of nitrogens with zero attached hydrogens (tertiary/aromatic N) is 1. The van der Waals surface area contributed by atoms with Gasteiger partial charge in [-0.05, 0) is 49.7 Å². The van der Waals surface area contributed by atoms with Gasteiger partial charge in [0.05, 0.1) is 48.5 Å². The van der Waals surface area contributed by atoms with Crippen molar-refractivity contribution in [2.75, 3.05) is 14.2 Å². The highest BCUT2D eigenvalue weighted by Crippen LogP contribution is 2.43. The van der Waals surface area contributed by atoms with Crippen LogP contribution in [0.3, 0.4) is 0 Å². The number of Topliss-reactive ketones (excluding diaryl/α,β-unsaturated/α-hetero) is 1. The number of methoxy groups -OCH3 is 2. The topological polar surface area (TPSA) is 85.3 Å². The van der Waals surface area contributed by atoms with E-state index < -0.39 is 23.5 Å². The Balaban J connectivity index is 1.91. The fraction of sp³-hybridized carbons (Fsp3) is 0.241. The average molecular weight is 556 g/mol. The molecule has 0 spiro atoms. The zero-order chi connectivity index (χ0) is 27.6. The van der Waals surface area contributed by atoms with E-state index in [-0.39, 0.29) is 39.6 Å². The Morgan fingerprint density at radius 3 is 2.29 bits per heavy atom. The third-order valence-corrected chi connectivity index (χ3v) is 6.66. The molecule has 1 aliphatic rings. The second-order valence-corrected chi connectivity index (χ2v) is 9.77. The number of aliphatic hydroxyl groups is 1. The van der Waals surface area contributed by atoms with Crippen LogP contribution >= 0.6 is 23.2 Å². The predicted octanol–water partition coefficient (Wildman–Crippen LogP) is 6.42. The van der Waals surface area contributed by atoms with E-state index in [2.05, 4.69) is 0 Å². The Morgan fingerprint density at radius 1 is 0.974 bits per heavy atom. The van der Waals surface area contributed by atoms with Gasteiger partial charge in [0, 0.05) is 11.1 Å². The van der Waals surface area contributed by atoms with E-state index >= 15 is 0 Å². The van der Waals surface area contributed by atoms with Crippen LogP contribution in [0.25, 0.3) is 5.76 Å². The van der Waals surface area contributed by atoms with Gasteiger partial charge in [-0.3, -0.25) is 9.59 Å². The number of aliphatic hydroxyl groups excluding tert-OH is 1. The molecule has 1 N–H and O–H groups in total. The van der Waals surface area contributed by atoms with Crippen molar-refractivity contribution in [2.24, 2.45) is 0 Å². The number of hydrogen-bond donors (Lipinski definition) is 1. The van der Waals surface area contributed by atoms with Crippen LogP contribution in [-0.4, -0.2) is 42.0 Å². The monoisotopic (exact) mass is 555 g/mol. The SMILES string of the molecule is COc1ccccc1CN1C(=O)C(=O)/C(=C(/O)c2cc(Cl)c(OC)c(Cl)c2)C1c1cccc(OC(C)C)c1. The van der Waals surface area contributed by atoms with E-state index in [4.69, 9.17) is 37.4 Å².